The molecule has 1 heterocycles. The molecule has 3 aromatic rings. The number of aryl methyl sites for hydroxylation is 1. The Morgan fingerprint density at radius 2 is 1.58 bits per heavy atom. The van der Waals surface area contributed by atoms with Crippen LogP contribution in [0.3, 0.4) is 0 Å². The van der Waals surface area contributed by atoms with Crippen LogP contribution >= 0.6 is 11.6 Å². The molecule has 0 fully saturated rings. The number of amides is 3. The van der Waals surface area contributed by atoms with Gasteiger partial charge in [0.05, 0.1) is 6.54 Å². The number of nitrogens with one attached hydrogen (secondary N) is 2. The summed E-state index contributed by atoms with van der Waals surface area (Å²) < 4.78 is 0. The molecule has 0 atom stereocenters. The highest BCUT2D eigenvalue weighted by atomic mass is 35.5. The quantitative estimate of drug-likeness (QED) is 0.509. The Balaban J connectivity index is 1.45. The van der Waals surface area contributed by atoms with Gasteiger partial charge in [0.1, 0.15) is 10.7 Å². The molecule has 1 aliphatic rings. The van der Waals surface area contributed by atoms with Gasteiger partial charge in [-0.1, -0.05) is 54.1 Å². The molecule has 0 aromatic heterocycles. The lowest BCUT2D eigenvalue weighted by Crippen LogP contribution is -2.31. The Morgan fingerprint density at radius 1 is 0.879 bits per heavy atom. The maximum Gasteiger partial charge on any atom is 0.279 e. The summed E-state index contributed by atoms with van der Waals surface area (Å²) in [5.74, 6) is -1.28. The Kier molecular flexibility index (Phi) is 6.29. The van der Waals surface area contributed by atoms with Gasteiger partial charge in [-0.3, -0.25) is 19.3 Å². The van der Waals surface area contributed by atoms with Crippen LogP contribution in [0.5, 0.6) is 0 Å². The molecule has 0 saturated carbocycles. The predicted molar refractivity (Wildman–Crippen MR) is 129 cm³/mol. The van der Waals surface area contributed by atoms with Crippen molar-refractivity contribution in [1.82, 2.24) is 4.90 Å². The Bertz CT molecular complexity index is 1270. The second-order valence-corrected chi connectivity index (χ2v) is 8.15. The molecule has 0 unspecified atom stereocenters. The van der Waals surface area contributed by atoms with E-state index in [9.17, 15) is 14.4 Å². The maximum atomic E-state index is 12.8. The standard InChI is InChI=1S/C26H22ClN3O3/c1-16-7-6-10-21(17(16)2)29-24(31)19-11-13-20(14-12-19)28-23-22(27)25(32)30(26(23)33)15-18-8-4-3-5-9-18/h3-14,28H,15H2,1-2H3,(H,29,31). The van der Waals surface area contributed by atoms with Crippen molar-refractivity contribution in [3.05, 3.63) is 106 Å². The van der Waals surface area contributed by atoms with E-state index in [1.165, 1.54) is 0 Å². The molecule has 3 aromatic carbocycles. The van der Waals surface area contributed by atoms with Crippen LogP contribution < -0.4 is 10.6 Å². The third-order valence-electron chi connectivity index (χ3n) is 5.56. The van der Waals surface area contributed by atoms with Gasteiger partial charge in [-0.2, -0.15) is 0 Å². The van der Waals surface area contributed by atoms with E-state index in [0.717, 1.165) is 27.3 Å². The lowest BCUT2D eigenvalue weighted by atomic mass is 10.1. The summed E-state index contributed by atoms with van der Waals surface area (Å²) in [7, 11) is 0. The van der Waals surface area contributed by atoms with Crippen molar-refractivity contribution in [3.8, 4) is 0 Å². The zero-order valence-corrected chi connectivity index (χ0v) is 18.9. The lowest BCUT2D eigenvalue weighted by Gasteiger charge is -2.15. The van der Waals surface area contributed by atoms with E-state index >= 15 is 0 Å². The van der Waals surface area contributed by atoms with Gasteiger partial charge in [0.25, 0.3) is 17.7 Å². The zero-order valence-electron chi connectivity index (χ0n) is 18.2. The van der Waals surface area contributed by atoms with Crippen LogP contribution in [0.2, 0.25) is 0 Å². The van der Waals surface area contributed by atoms with Crippen molar-refractivity contribution in [2.75, 3.05) is 10.6 Å². The summed E-state index contributed by atoms with van der Waals surface area (Å²) in [5.41, 5.74) is 4.70. The molecule has 0 bridgehead atoms. The molecule has 166 valence electrons. The van der Waals surface area contributed by atoms with E-state index < -0.39 is 11.8 Å². The number of hydrogen-bond acceptors (Lipinski definition) is 4. The predicted octanol–water partition coefficient (Wildman–Crippen LogP) is 4.99. The van der Waals surface area contributed by atoms with E-state index in [1.807, 2.05) is 62.4 Å². The monoisotopic (exact) mass is 459 g/mol. The normalized spacial score (nSPS) is 13.5. The van der Waals surface area contributed by atoms with Crippen molar-refractivity contribution in [1.29, 1.82) is 0 Å². The number of anilines is 2. The minimum Gasteiger partial charge on any atom is -0.350 e. The smallest absolute Gasteiger partial charge is 0.279 e. The number of halogens is 1. The molecule has 1 aliphatic heterocycles. The molecule has 3 amide bonds. The molecule has 2 N–H and O–H groups in total. The van der Waals surface area contributed by atoms with E-state index in [-0.39, 0.29) is 23.2 Å². The molecule has 4 rings (SSSR count). The van der Waals surface area contributed by atoms with Gasteiger partial charge in [-0.05, 0) is 60.9 Å². The van der Waals surface area contributed by atoms with Crippen LogP contribution in [0.15, 0.2) is 83.5 Å². The number of carbonyl (C=O) groups excluding carboxylic acids is 3. The number of rotatable bonds is 6. The summed E-state index contributed by atoms with van der Waals surface area (Å²) in [6, 6.07) is 21.5. The van der Waals surface area contributed by atoms with Gasteiger partial charge in [0, 0.05) is 16.9 Å². The highest BCUT2D eigenvalue weighted by Gasteiger charge is 2.37. The van der Waals surface area contributed by atoms with Crippen molar-refractivity contribution >= 4 is 40.7 Å². The average molecular weight is 460 g/mol. The second-order valence-electron chi connectivity index (χ2n) is 7.77. The summed E-state index contributed by atoms with van der Waals surface area (Å²) in [6.45, 7) is 4.08. The molecule has 0 aliphatic carbocycles. The zero-order chi connectivity index (χ0) is 23.5. The first kappa shape index (κ1) is 22.3. The second kappa shape index (κ2) is 9.30. The fourth-order valence-electron chi connectivity index (χ4n) is 3.49. The Morgan fingerprint density at radius 3 is 2.27 bits per heavy atom. The minimum absolute atomic E-state index is 0.0187. The highest BCUT2D eigenvalue weighted by molar-refractivity contribution is 6.48. The third-order valence-corrected chi connectivity index (χ3v) is 5.91. The van der Waals surface area contributed by atoms with Crippen molar-refractivity contribution < 1.29 is 14.4 Å². The topological polar surface area (TPSA) is 78.5 Å². The van der Waals surface area contributed by atoms with Gasteiger partial charge < -0.3 is 10.6 Å². The Labute approximate surface area is 196 Å². The molecular formula is C26H22ClN3O3. The first-order valence-corrected chi connectivity index (χ1v) is 10.8. The van der Waals surface area contributed by atoms with Gasteiger partial charge in [0.2, 0.25) is 0 Å². The Hall–Kier alpha value is -3.90. The SMILES string of the molecule is Cc1cccc(NC(=O)c2ccc(NC3=C(Cl)C(=O)N(Cc4ccccc4)C3=O)cc2)c1C. The van der Waals surface area contributed by atoms with Crippen LogP contribution in [-0.2, 0) is 16.1 Å². The van der Waals surface area contributed by atoms with E-state index in [0.29, 0.717) is 11.3 Å². The maximum absolute atomic E-state index is 12.8. The largest absolute Gasteiger partial charge is 0.350 e. The van der Waals surface area contributed by atoms with Crippen LogP contribution in [0, 0.1) is 13.8 Å². The summed E-state index contributed by atoms with van der Waals surface area (Å²) in [5, 5.41) is 5.68. The van der Waals surface area contributed by atoms with Crippen LogP contribution in [0.25, 0.3) is 0 Å². The number of carbonyl (C=O) groups is 3. The molecular weight excluding hydrogens is 438 g/mol. The molecule has 33 heavy (non-hydrogen) atoms. The van der Waals surface area contributed by atoms with Gasteiger partial charge >= 0.3 is 0 Å². The van der Waals surface area contributed by atoms with Crippen LogP contribution in [-0.4, -0.2) is 22.6 Å². The average Bonchev–Trinajstić information content (AvgIpc) is 3.01. The highest BCUT2D eigenvalue weighted by Crippen LogP contribution is 2.27. The van der Waals surface area contributed by atoms with Crippen molar-refractivity contribution in [3.63, 3.8) is 0 Å². The van der Waals surface area contributed by atoms with Crippen molar-refractivity contribution in [2.24, 2.45) is 0 Å². The summed E-state index contributed by atoms with van der Waals surface area (Å²) in [4.78, 5) is 39.1. The van der Waals surface area contributed by atoms with E-state index in [4.69, 9.17) is 11.6 Å². The van der Waals surface area contributed by atoms with Crippen LogP contribution in [0.4, 0.5) is 11.4 Å². The molecule has 0 radical (unpaired) electrons. The lowest BCUT2D eigenvalue weighted by molar-refractivity contribution is -0.138. The summed E-state index contributed by atoms with van der Waals surface area (Å²) in [6.07, 6.45) is 0. The minimum atomic E-state index is -0.544. The van der Waals surface area contributed by atoms with Crippen LogP contribution in [0.1, 0.15) is 27.0 Å². The molecule has 0 saturated heterocycles. The van der Waals surface area contributed by atoms with Gasteiger partial charge in [-0.15, -0.1) is 0 Å². The molecule has 0 spiro atoms. The number of imide groups is 1. The fraction of sp³-hybridized carbons (Fsp3) is 0.115. The van der Waals surface area contributed by atoms with Crippen molar-refractivity contribution in [2.45, 2.75) is 20.4 Å². The summed E-state index contributed by atoms with van der Waals surface area (Å²) >= 11 is 6.17. The van der Waals surface area contributed by atoms with Gasteiger partial charge in [-0.25, -0.2) is 0 Å². The van der Waals surface area contributed by atoms with Gasteiger partial charge in [0.15, 0.2) is 0 Å². The first-order valence-electron chi connectivity index (χ1n) is 10.4. The number of hydrogen-bond donors (Lipinski definition) is 2. The molecule has 6 nitrogen and oxygen atoms in total. The van der Waals surface area contributed by atoms with E-state index in [1.54, 1.807) is 24.3 Å². The van der Waals surface area contributed by atoms with E-state index in [2.05, 4.69) is 10.6 Å². The number of benzene rings is 3. The fourth-order valence-corrected chi connectivity index (χ4v) is 3.72. The molecule has 7 heteroatoms. The first-order chi connectivity index (χ1) is 15.8. The third kappa shape index (κ3) is 4.66. The number of nitrogens with zero attached hydrogens (tertiary/aromatic N) is 1.